The summed E-state index contributed by atoms with van der Waals surface area (Å²) in [4.78, 5) is 13.8. The summed E-state index contributed by atoms with van der Waals surface area (Å²) in [6.07, 6.45) is 3.87. The molecule has 1 aromatic carbocycles. The van der Waals surface area contributed by atoms with Crippen LogP contribution in [0.25, 0.3) is 0 Å². The van der Waals surface area contributed by atoms with Gasteiger partial charge in [0.05, 0.1) is 6.10 Å². The van der Waals surface area contributed by atoms with Crippen LogP contribution >= 0.6 is 11.8 Å². The molecule has 1 aromatic rings. The first kappa shape index (κ1) is 14.4. The second kappa shape index (κ2) is 6.44. The average molecular weight is 279 g/mol. The Morgan fingerprint density at radius 2 is 2.05 bits per heavy atom. The van der Waals surface area contributed by atoms with Gasteiger partial charge in [-0.05, 0) is 42.7 Å². The molecule has 1 N–H and O–H groups in total. The predicted octanol–water partition coefficient (Wildman–Crippen LogP) is 2.39. The van der Waals surface area contributed by atoms with Crippen molar-refractivity contribution in [1.29, 1.82) is 0 Å². The van der Waals surface area contributed by atoms with E-state index in [1.165, 1.54) is 5.56 Å². The van der Waals surface area contributed by atoms with Gasteiger partial charge >= 0.3 is 0 Å². The van der Waals surface area contributed by atoms with Crippen molar-refractivity contribution >= 4 is 17.7 Å². The highest BCUT2D eigenvalue weighted by Crippen LogP contribution is 2.32. The van der Waals surface area contributed by atoms with E-state index < -0.39 is 0 Å². The number of amides is 1. The van der Waals surface area contributed by atoms with Crippen LogP contribution in [0.3, 0.4) is 0 Å². The van der Waals surface area contributed by atoms with Gasteiger partial charge in [-0.25, -0.2) is 0 Å². The zero-order valence-corrected chi connectivity index (χ0v) is 12.3. The van der Waals surface area contributed by atoms with Gasteiger partial charge in [-0.2, -0.15) is 11.8 Å². The quantitative estimate of drug-likeness (QED) is 0.869. The number of likely N-dealkylation sites (N-methyl/N-ethyl adjacent to an activating group) is 1. The molecular formula is C15H21NO2S. The molecule has 1 aliphatic rings. The van der Waals surface area contributed by atoms with E-state index in [-0.39, 0.29) is 12.0 Å². The molecule has 0 bridgehead atoms. The molecule has 0 aliphatic heterocycles. The third-order valence-corrected chi connectivity index (χ3v) is 4.11. The van der Waals surface area contributed by atoms with Crippen LogP contribution in [-0.4, -0.2) is 41.9 Å². The van der Waals surface area contributed by atoms with Crippen molar-refractivity contribution in [2.45, 2.75) is 24.7 Å². The number of aliphatic hydroxyl groups is 1. The second-order valence-electron chi connectivity index (χ2n) is 5.22. The number of carbonyl (C=O) groups excluding carboxylic acids is 1. The Kier molecular flexibility index (Phi) is 4.88. The number of hydrogen-bond donors (Lipinski definition) is 1. The summed E-state index contributed by atoms with van der Waals surface area (Å²) in [7, 11) is 1.75. The van der Waals surface area contributed by atoms with Gasteiger partial charge in [0.2, 0.25) is 0 Å². The van der Waals surface area contributed by atoms with E-state index in [0.29, 0.717) is 18.0 Å². The van der Waals surface area contributed by atoms with E-state index in [2.05, 4.69) is 6.26 Å². The van der Waals surface area contributed by atoms with Crippen molar-refractivity contribution < 1.29 is 9.90 Å². The Balaban J connectivity index is 1.93. The van der Waals surface area contributed by atoms with Crippen LogP contribution in [0.15, 0.2) is 24.3 Å². The molecule has 1 unspecified atom stereocenters. The Bertz CT molecular complexity index is 428. The summed E-state index contributed by atoms with van der Waals surface area (Å²) in [5.74, 6) is 1.35. The van der Waals surface area contributed by atoms with Gasteiger partial charge in [0.25, 0.3) is 5.91 Å². The van der Waals surface area contributed by atoms with E-state index in [1.54, 1.807) is 23.7 Å². The number of thioether (sulfide) groups is 1. The van der Waals surface area contributed by atoms with Gasteiger partial charge in [0.1, 0.15) is 0 Å². The first-order valence-electron chi connectivity index (χ1n) is 6.63. The summed E-state index contributed by atoms with van der Waals surface area (Å²) in [6, 6.07) is 7.73. The largest absolute Gasteiger partial charge is 0.391 e. The molecule has 1 saturated carbocycles. The molecule has 4 heteroatoms. The minimum absolute atomic E-state index is 0.0181. The van der Waals surface area contributed by atoms with E-state index in [9.17, 15) is 9.90 Å². The maximum absolute atomic E-state index is 12.2. The van der Waals surface area contributed by atoms with Gasteiger partial charge in [-0.1, -0.05) is 12.1 Å². The fourth-order valence-corrected chi connectivity index (χ4v) is 2.65. The fraction of sp³-hybridized carbons (Fsp3) is 0.533. The van der Waals surface area contributed by atoms with Gasteiger partial charge in [0.15, 0.2) is 0 Å². The second-order valence-corrected chi connectivity index (χ2v) is 6.09. The fourth-order valence-electron chi connectivity index (χ4n) is 2.12. The first-order chi connectivity index (χ1) is 9.11. The van der Waals surface area contributed by atoms with Gasteiger partial charge in [0, 0.05) is 24.9 Å². The molecule has 0 heterocycles. The van der Waals surface area contributed by atoms with E-state index in [4.69, 9.17) is 0 Å². The van der Waals surface area contributed by atoms with E-state index >= 15 is 0 Å². The van der Waals surface area contributed by atoms with Crippen molar-refractivity contribution in [2.24, 2.45) is 5.92 Å². The number of carbonyl (C=O) groups is 1. The molecular weight excluding hydrogens is 258 g/mol. The predicted molar refractivity (Wildman–Crippen MR) is 79.4 cm³/mol. The molecule has 0 spiro atoms. The highest BCUT2D eigenvalue weighted by atomic mass is 32.2. The smallest absolute Gasteiger partial charge is 0.253 e. The number of nitrogens with zero attached hydrogens (tertiary/aromatic N) is 1. The maximum atomic E-state index is 12.2. The Morgan fingerprint density at radius 1 is 1.42 bits per heavy atom. The minimum atomic E-state index is -0.371. The molecule has 1 amide bonds. The highest BCUT2D eigenvalue weighted by molar-refractivity contribution is 7.97. The van der Waals surface area contributed by atoms with Crippen LogP contribution in [0.2, 0.25) is 0 Å². The standard InChI is InChI=1S/C15H21NO2S/c1-16(9-14(17)12-7-8-12)15(18)13-5-3-11(4-6-13)10-19-2/h3-6,12,14,17H,7-10H2,1-2H3. The molecule has 3 nitrogen and oxygen atoms in total. The normalized spacial score (nSPS) is 16.2. The topological polar surface area (TPSA) is 40.5 Å². The Morgan fingerprint density at radius 3 is 2.58 bits per heavy atom. The minimum Gasteiger partial charge on any atom is -0.391 e. The van der Waals surface area contributed by atoms with Gasteiger partial charge in [-0.3, -0.25) is 4.79 Å². The first-order valence-corrected chi connectivity index (χ1v) is 8.02. The van der Waals surface area contributed by atoms with E-state index in [1.807, 2.05) is 24.3 Å². The lowest BCUT2D eigenvalue weighted by molar-refractivity contribution is 0.0645. The van der Waals surface area contributed by atoms with Crippen LogP contribution in [0.5, 0.6) is 0 Å². The van der Waals surface area contributed by atoms with Crippen LogP contribution in [0.4, 0.5) is 0 Å². The zero-order valence-electron chi connectivity index (χ0n) is 11.5. The van der Waals surface area contributed by atoms with Crippen molar-refractivity contribution in [3.8, 4) is 0 Å². The highest BCUT2D eigenvalue weighted by Gasteiger charge is 2.31. The SMILES string of the molecule is CSCc1ccc(C(=O)N(C)CC(O)C2CC2)cc1. The molecule has 1 atom stereocenters. The molecule has 0 saturated heterocycles. The third kappa shape index (κ3) is 3.98. The monoisotopic (exact) mass is 279 g/mol. The summed E-state index contributed by atoms with van der Waals surface area (Å²) in [6.45, 7) is 0.427. The number of benzene rings is 1. The van der Waals surface area contributed by atoms with Crippen LogP contribution < -0.4 is 0 Å². The summed E-state index contributed by atoms with van der Waals surface area (Å²) >= 11 is 1.77. The van der Waals surface area contributed by atoms with Gasteiger partial charge < -0.3 is 10.0 Å². The lowest BCUT2D eigenvalue weighted by Gasteiger charge is -2.20. The molecule has 0 aromatic heterocycles. The van der Waals surface area contributed by atoms with E-state index in [0.717, 1.165) is 18.6 Å². The number of aliphatic hydroxyl groups excluding tert-OH is 1. The maximum Gasteiger partial charge on any atom is 0.253 e. The van der Waals surface area contributed by atoms with Crippen molar-refractivity contribution in [1.82, 2.24) is 4.90 Å². The lowest BCUT2D eigenvalue weighted by atomic mass is 10.1. The molecule has 1 fully saturated rings. The van der Waals surface area contributed by atoms with Crippen LogP contribution in [-0.2, 0) is 5.75 Å². The molecule has 104 valence electrons. The molecule has 0 radical (unpaired) electrons. The van der Waals surface area contributed by atoms with Crippen LogP contribution in [0.1, 0.15) is 28.8 Å². The number of hydrogen-bond acceptors (Lipinski definition) is 3. The Hall–Kier alpha value is -1.00. The van der Waals surface area contributed by atoms with Crippen molar-refractivity contribution in [2.75, 3.05) is 19.8 Å². The average Bonchev–Trinajstić information content (AvgIpc) is 3.23. The van der Waals surface area contributed by atoms with Crippen molar-refractivity contribution in [3.05, 3.63) is 35.4 Å². The summed E-state index contributed by atoms with van der Waals surface area (Å²) in [5.41, 5.74) is 1.92. The molecule has 2 rings (SSSR count). The van der Waals surface area contributed by atoms with Gasteiger partial charge in [-0.15, -0.1) is 0 Å². The Labute approximate surface area is 119 Å². The van der Waals surface area contributed by atoms with Crippen molar-refractivity contribution in [3.63, 3.8) is 0 Å². The summed E-state index contributed by atoms with van der Waals surface area (Å²) in [5, 5.41) is 9.87. The molecule has 19 heavy (non-hydrogen) atoms. The summed E-state index contributed by atoms with van der Waals surface area (Å²) < 4.78 is 0. The third-order valence-electron chi connectivity index (χ3n) is 3.49. The zero-order chi connectivity index (χ0) is 13.8. The number of rotatable bonds is 6. The lowest BCUT2D eigenvalue weighted by Crippen LogP contribution is -2.35. The van der Waals surface area contributed by atoms with Crippen LogP contribution in [0, 0.1) is 5.92 Å². The molecule has 1 aliphatic carbocycles.